The average Bonchev–Trinajstić information content (AvgIpc) is 3.50. The van der Waals surface area contributed by atoms with Crippen LogP contribution in [0.4, 0.5) is 18.9 Å². The Balaban J connectivity index is 1.36. The second-order valence-electron chi connectivity index (χ2n) is 9.72. The minimum atomic E-state index is -3.04. The Labute approximate surface area is 211 Å². The van der Waals surface area contributed by atoms with E-state index >= 15 is 0 Å². The number of rotatable bonds is 7. The molecule has 0 radical (unpaired) electrons. The molecule has 2 aromatic heterocycles. The van der Waals surface area contributed by atoms with E-state index in [1.165, 1.54) is 18.3 Å². The maximum absolute atomic E-state index is 14.2. The van der Waals surface area contributed by atoms with Crippen molar-refractivity contribution in [1.29, 1.82) is 0 Å². The van der Waals surface area contributed by atoms with Crippen molar-refractivity contribution >= 4 is 17.1 Å². The highest BCUT2D eigenvalue weighted by Crippen LogP contribution is 2.38. The van der Waals surface area contributed by atoms with Gasteiger partial charge in [-0.1, -0.05) is 0 Å². The number of aliphatic hydroxyl groups excluding tert-OH is 1. The van der Waals surface area contributed by atoms with Crippen LogP contribution in [-0.4, -0.2) is 51.2 Å². The van der Waals surface area contributed by atoms with Gasteiger partial charge in [0.15, 0.2) is 6.29 Å². The van der Waals surface area contributed by atoms with E-state index in [9.17, 15) is 28.2 Å². The topological polar surface area (TPSA) is 99.3 Å². The van der Waals surface area contributed by atoms with Crippen molar-refractivity contribution in [3.63, 3.8) is 0 Å². The second kappa shape index (κ2) is 10.6. The molecule has 1 saturated heterocycles. The number of aromatic nitrogens is 2. The smallest absolute Gasteiger partial charge is 0.387 e. The van der Waals surface area contributed by atoms with Crippen molar-refractivity contribution in [1.82, 2.24) is 14.9 Å². The molecule has 1 saturated carbocycles. The third kappa shape index (κ3) is 5.52. The molecule has 2 aliphatic rings. The molecule has 8 nitrogen and oxygen atoms in total. The van der Waals surface area contributed by atoms with Gasteiger partial charge < -0.3 is 25.2 Å². The number of nitrogens with zero attached hydrogens (tertiary/aromatic N) is 3. The maximum atomic E-state index is 14.2. The van der Waals surface area contributed by atoms with Gasteiger partial charge in [0.2, 0.25) is 0 Å². The molecule has 1 aromatic carbocycles. The summed E-state index contributed by atoms with van der Waals surface area (Å²) in [6.45, 7) is -2.36. The molecule has 1 aliphatic carbocycles. The number of alkyl halides is 2. The molecule has 0 spiro atoms. The summed E-state index contributed by atoms with van der Waals surface area (Å²) in [4.78, 5) is 15.2. The van der Waals surface area contributed by atoms with Crippen LogP contribution in [0.1, 0.15) is 60.5 Å². The van der Waals surface area contributed by atoms with Crippen LogP contribution in [-0.2, 0) is 0 Å². The Hall–Kier alpha value is -3.31. The van der Waals surface area contributed by atoms with E-state index in [-0.39, 0.29) is 29.7 Å². The van der Waals surface area contributed by atoms with E-state index in [0.29, 0.717) is 55.3 Å². The van der Waals surface area contributed by atoms with E-state index in [1.54, 1.807) is 10.7 Å². The number of aliphatic hydroxyl groups is 2. The first-order chi connectivity index (χ1) is 17.8. The summed E-state index contributed by atoms with van der Waals surface area (Å²) in [5, 5.41) is 26.1. The number of ether oxygens (including phenoxy) is 1. The van der Waals surface area contributed by atoms with Gasteiger partial charge in [0.1, 0.15) is 11.6 Å². The number of halogens is 3. The molecule has 5 rings (SSSR count). The zero-order valence-electron chi connectivity index (χ0n) is 20.1. The minimum absolute atomic E-state index is 0.0544. The molecule has 3 heterocycles. The number of carbonyl (C=O) groups excluding carboxylic acids is 1. The number of fused-ring (bicyclic) bond motifs is 1. The van der Waals surface area contributed by atoms with Gasteiger partial charge in [0, 0.05) is 36.5 Å². The molecule has 3 aromatic rings. The Morgan fingerprint density at radius 1 is 1.11 bits per heavy atom. The second-order valence-corrected chi connectivity index (χ2v) is 9.72. The Morgan fingerprint density at radius 3 is 2.62 bits per heavy atom. The molecule has 198 valence electrons. The van der Waals surface area contributed by atoms with Crippen LogP contribution in [0, 0.1) is 11.7 Å². The van der Waals surface area contributed by atoms with Crippen molar-refractivity contribution < 1.29 is 32.9 Å². The van der Waals surface area contributed by atoms with E-state index in [0.717, 1.165) is 18.2 Å². The lowest BCUT2D eigenvalue weighted by molar-refractivity contribution is -0.0940. The van der Waals surface area contributed by atoms with Gasteiger partial charge in [-0.3, -0.25) is 4.79 Å². The highest BCUT2D eigenvalue weighted by Gasteiger charge is 2.29. The molecular formula is C26H29F3N4O4. The van der Waals surface area contributed by atoms with E-state index in [1.807, 2.05) is 12.1 Å². The number of amides is 1. The number of benzene rings is 1. The summed E-state index contributed by atoms with van der Waals surface area (Å²) in [5.41, 5.74) is 2.38. The molecule has 11 heteroatoms. The molecule has 1 atom stereocenters. The lowest BCUT2D eigenvalue weighted by Gasteiger charge is -2.29. The summed E-state index contributed by atoms with van der Waals surface area (Å²) in [5.74, 6) is -1.29. The zero-order valence-corrected chi connectivity index (χ0v) is 20.1. The Bertz CT molecular complexity index is 1260. The molecular weight excluding hydrogens is 489 g/mol. The molecule has 1 amide bonds. The average molecular weight is 519 g/mol. The fourth-order valence-corrected chi connectivity index (χ4v) is 5.52. The van der Waals surface area contributed by atoms with Gasteiger partial charge in [0.05, 0.1) is 23.3 Å². The van der Waals surface area contributed by atoms with Crippen LogP contribution in [0.2, 0.25) is 0 Å². The first kappa shape index (κ1) is 25.3. The third-order valence-electron chi connectivity index (χ3n) is 7.37. The molecule has 0 bridgehead atoms. The number of nitrogens with one attached hydrogen (secondary N) is 1. The normalized spacial score (nSPS) is 22.2. The van der Waals surface area contributed by atoms with Crippen molar-refractivity contribution in [3.8, 4) is 5.75 Å². The Morgan fingerprint density at radius 2 is 1.89 bits per heavy atom. The molecule has 1 aliphatic heterocycles. The lowest BCUT2D eigenvalue weighted by Crippen LogP contribution is -2.39. The minimum Gasteiger partial charge on any atom is -0.435 e. The van der Waals surface area contributed by atoms with Crippen molar-refractivity contribution in [2.75, 3.05) is 11.4 Å². The highest BCUT2D eigenvalue weighted by molar-refractivity contribution is 6.01. The summed E-state index contributed by atoms with van der Waals surface area (Å²) >= 11 is 0. The fourth-order valence-electron chi connectivity index (χ4n) is 5.52. The highest BCUT2D eigenvalue weighted by atomic mass is 19.3. The third-order valence-corrected chi connectivity index (χ3v) is 7.37. The number of anilines is 1. The predicted octanol–water partition coefficient (Wildman–Crippen LogP) is 4.02. The van der Waals surface area contributed by atoms with Crippen LogP contribution in [0.25, 0.3) is 5.52 Å². The van der Waals surface area contributed by atoms with Gasteiger partial charge in [-0.15, -0.1) is 0 Å². The van der Waals surface area contributed by atoms with Gasteiger partial charge in [-0.05, 0) is 68.4 Å². The standard InChI is InChI=1S/C26H29F3N4O4/c27-17-10-16(11-20(12-17)37-26(28)29)22-2-1-8-32(22)19-7-9-33-23(13-19)21(14-30-33)24(34)31-18-5-3-15(4-6-18)25(35)36/h7,9-15,18,22,25-26,35-36H,1-6,8H2,(H,31,34)/t15?,18?,22-/m1/s1. The molecule has 37 heavy (non-hydrogen) atoms. The van der Waals surface area contributed by atoms with Crippen LogP contribution < -0.4 is 15.0 Å². The van der Waals surface area contributed by atoms with Crippen LogP contribution in [0.5, 0.6) is 5.75 Å². The summed E-state index contributed by atoms with van der Waals surface area (Å²) in [7, 11) is 0. The van der Waals surface area contributed by atoms with Crippen molar-refractivity contribution in [2.24, 2.45) is 5.92 Å². The predicted molar refractivity (Wildman–Crippen MR) is 129 cm³/mol. The number of hydrogen-bond donors (Lipinski definition) is 3. The van der Waals surface area contributed by atoms with Gasteiger partial charge in [0.25, 0.3) is 5.91 Å². The fraction of sp³-hybridized carbons (Fsp3) is 0.462. The quantitative estimate of drug-likeness (QED) is 0.409. The van der Waals surface area contributed by atoms with Gasteiger partial charge in [-0.2, -0.15) is 13.9 Å². The van der Waals surface area contributed by atoms with E-state index in [4.69, 9.17) is 0 Å². The van der Waals surface area contributed by atoms with Crippen molar-refractivity contribution in [2.45, 2.75) is 63.5 Å². The van der Waals surface area contributed by atoms with E-state index in [2.05, 4.69) is 20.1 Å². The maximum Gasteiger partial charge on any atom is 0.387 e. The van der Waals surface area contributed by atoms with Crippen LogP contribution in [0.15, 0.2) is 42.7 Å². The van der Waals surface area contributed by atoms with Crippen LogP contribution >= 0.6 is 0 Å². The van der Waals surface area contributed by atoms with Crippen molar-refractivity contribution in [3.05, 3.63) is 59.7 Å². The Kier molecular flexibility index (Phi) is 7.25. The zero-order chi connectivity index (χ0) is 26.1. The van der Waals surface area contributed by atoms with Gasteiger partial charge >= 0.3 is 6.61 Å². The first-order valence-corrected chi connectivity index (χ1v) is 12.4. The SMILES string of the molecule is O=C(NC1CCC(C(O)O)CC1)c1cnn2ccc(N3CCC[C@@H]3c3cc(F)cc(OC(F)F)c3)cc12. The summed E-state index contributed by atoms with van der Waals surface area (Å²) in [6, 6.07) is 7.14. The van der Waals surface area contributed by atoms with Crippen LogP contribution in [0.3, 0.4) is 0 Å². The number of pyridine rings is 1. The lowest BCUT2D eigenvalue weighted by atomic mass is 9.85. The number of hydrogen-bond acceptors (Lipinski definition) is 6. The largest absolute Gasteiger partial charge is 0.435 e. The van der Waals surface area contributed by atoms with Gasteiger partial charge in [-0.25, -0.2) is 8.91 Å². The molecule has 0 unspecified atom stereocenters. The number of carbonyl (C=O) groups is 1. The first-order valence-electron chi connectivity index (χ1n) is 12.4. The van der Waals surface area contributed by atoms with E-state index < -0.39 is 18.7 Å². The summed E-state index contributed by atoms with van der Waals surface area (Å²) in [6.07, 6.45) is 6.05. The molecule has 2 fully saturated rings. The molecule has 3 N–H and O–H groups in total. The monoisotopic (exact) mass is 518 g/mol. The summed E-state index contributed by atoms with van der Waals surface area (Å²) < 4.78 is 45.7.